The Morgan fingerprint density at radius 2 is 2.29 bits per heavy atom. The van der Waals surface area contributed by atoms with Gasteiger partial charge in [-0.1, -0.05) is 13.8 Å². The largest absolute Gasteiger partial charge is 0.396 e. The van der Waals surface area contributed by atoms with Crippen molar-refractivity contribution in [1.29, 1.82) is 0 Å². The van der Waals surface area contributed by atoms with E-state index in [2.05, 4.69) is 19.9 Å². The molecule has 2 rings (SSSR count). The van der Waals surface area contributed by atoms with E-state index >= 15 is 0 Å². The molecule has 1 aromatic rings. The first-order valence-corrected chi connectivity index (χ1v) is 7.23. The Balaban J connectivity index is 2.22. The molecule has 2 nitrogen and oxygen atoms in total. The van der Waals surface area contributed by atoms with Crippen LogP contribution in [0.5, 0.6) is 0 Å². The van der Waals surface area contributed by atoms with Crippen molar-refractivity contribution in [2.45, 2.75) is 45.1 Å². The predicted octanol–water partition coefficient (Wildman–Crippen LogP) is 3.50. The number of hydrogen-bond donors (Lipinski definition) is 1. The minimum atomic E-state index is 0.270. The molecule has 0 aromatic carbocycles. The van der Waals surface area contributed by atoms with Crippen LogP contribution >= 0.6 is 11.3 Å². The molecule has 0 saturated heterocycles. The number of rotatable bonds is 4. The van der Waals surface area contributed by atoms with E-state index in [0.717, 1.165) is 12.8 Å². The molecule has 96 valence electrons. The summed E-state index contributed by atoms with van der Waals surface area (Å²) in [6.45, 7) is 4.67. The van der Waals surface area contributed by atoms with E-state index in [4.69, 9.17) is 9.84 Å². The predicted molar refractivity (Wildman–Crippen MR) is 71.7 cm³/mol. The smallest absolute Gasteiger partial charge is 0.0832 e. The van der Waals surface area contributed by atoms with Crippen LogP contribution in [0.25, 0.3) is 0 Å². The lowest BCUT2D eigenvalue weighted by Gasteiger charge is -2.25. The van der Waals surface area contributed by atoms with Crippen molar-refractivity contribution in [2.75, 3.05) is 13.7 Å². The van der Waals surface area contributed by atoms with E-state index in [1.54, 1.807) is 7.11 Å². The van der Waals surface area contributed by atoms with Crippen molar-refractivity contribution in [3.8, 4) is 0 Å². The molecular weight excluding hydrogens is 232 g/mol. The Bertz CT molecular complexity index is 372. The topological polar surface area (TPSA) is 29.5 Å². The number of ether oxygens (including phenoxy) is 1. The third kappa shape index (κ3) is 2.72. The Hall–Kier alpha value is -0.380. The first-order valence-electron chi connectivity index (χ1n) is 6.41. The van der Waals surface area contributed by atoms with Crippen LogP contribution in [0.4, 0.5) is 0 Å². The van der Waals surface area contributed by atoms with Gasteiger partial charge in [0.2, 0.25) is 0 Å². The summed E-state index contributed by atoms with van der Waals surface area (Å²) in [5.74, 6) is 1.02. The van der Waals surface area contributed by atoms with E-state index in [9.17, 15) is 0 Å². The van der Waals surface area contributed by atoms with Crippen molar-refractivity contribution in [2.24, 2.45) is 5.92 Å². The summed E-state index contributed by atoms with van der Waals surface area (Å²) >= 11 is 1.92. The van der Waals surface area contributed by atoms with Crippen molar-refractivity contribution in [1.82, 2.24) is 0 Å². The third-order valence-corrected chi connectivity index (χ3v) is 5.05. The van der Waals surface area contributed by atoms with Gasteiger partial charge in [0.15, 0.2) is 0 Å². The molecule has 3 heteroatoms. The minimum Gasteiger partial charge on any atom is -0.396 e. The lowest BCUT2D eigenvalue weighted by atomic mass is 9.88. The minimum absolute atomic E-state index is 0.270. The van der Waals surface area contributed by atoms with Crippen molar-refractivity contribution >= 4 is 11.3 Å². The fraction of sp³-hybridized carbons (Fsp3) is 0.714. The van der Waals surface area contributed by atoms with Crippen LogP contribution in [0.1, 0.15) is 54.0 Å². The first-order chi connectivity index (χ1) is 8.15. The average molecular weight is 254 g/mol. The van der Waals surface area contributed by atoms with Gasteiger partial charge in [-0.25, -0.2) is 0 Å². The van der Waals surface area contributed by atoms with E-state index < -0.39 is 0 Å². The number of aliphatic hydroxyl groups excluding tert-OH is 1. The number of methoxy groups -OCH3 is 1. The van der Waals surface area contributed by atoms with Crippen LogP contribution < -0.4 is 0 Å². The van der Waals surface area contributed by atoms with Crippen LogP contribution in [-0.4, -0.2) is 18.8 Å². The highest BCUT2D eigenvalue weighted by Crippen LogP contribution is 2.43. The molecule has 1 heterocycles. The molecule has 1 aliphatic carbocycles. The van der Waals surface area contributed by atoms with E-state index in [-0.39, 0.29) is 12.7 Å². The SMILES string of the molecule is COC1CCC(C)c2sc(CC(C)CO)cc21. The molecule has 17 heavy (non-hydrogen) atoms. The monoisotopic (exact) mass is 254 g/mol. The van der Waals surface area contributed by atoms with Gasteiger partial charge >= 0.3 is 0 Å². The molecular formula is C14H22O2S. The molecule has 0 spiro atoms. The highest BCUT2D eigenvalue weighted by molar-refractivity contribution is 7.12. The third-order valence-electron chi connectivity index (χ3n) is 3.64. The molecule has 3 unspecified atom stereocenters. The molecule has 3 atom stereocenters. The zero-order valence-electron chi connectivity index (χ0n) is 10.9. The Morgan fingerprint density at radius 1 is 1.53 bits per heavy atom. The molecule has 1 aliphatic rings. The molecule has 0 saturated carbocycles. The van der Waals surface area contributed by atoms with Crippen molar-refractivity contribution in [3.63, 3.8) is 0 Å². The quantitative estimate of drug-likeness (QED) is 0.891. The lowest BCUT2D eigenvalue weighted by molar-refractivity contribution is 0.0859. The Kier molecular flexibility index (Phi) is 4.23. The van der Waals surface area contributed by atoms with Crippen molar-refractivity contribution in [3.05, 3.63) is 21.4 Å². The van der Waals surface area contributed by atoms with E-state index in [1.807, 2.05) is 11.3 Å². The fourth-order valence-electron chi connectivity index (χ4n) is 2.55. The summed E-state index contributed by atoms with van der Waals surface area (Å²) < 4.78 is 5.57. The Labute approximate surface area is 108 Å². The van der Waals surface area contributed by atoms with E-state index in [1.165, 1.54) is 21.7 Å². The summed E-state index contributed by atoms with van der Waals surface area (Å²) in [5, 5.41) is 9.13. The van der Waals surface area contributed by atoms with Gasteiger partial charge in [0.25, 0.3) is 0 Å². The number of aliphatic hydroxyl groups is 1. The highest BCUT2D eigenvalue weighted by atomic mass is 32.1. The second-order valence-corrected chi connectivity index (χ2v) is 6.40. The standard InChI is InChI=1S/C14H22O2S/c1-9(8-15)6-11-7-12-13(16-3)5-4-10(2)14(12)17-11/h7,9-10,13,15H,4-6,8H2,1-3H3. The van der Waals surface area contributed by atoms with Crippen LogP contribution in [-0.2, 0) is 11.2 Å². The Morgan fingerprint density at radius 3 is 2.94 bits per heavy atom. The van der Waals surface area contributed by atoms with Gasteiger partial charge < -0.3 is 9.84 Å². The number of thiophene rings is 1. The van der Waals surface area contributed by atoms with Crippen LogP contribution in [0.3, 0.4) is 0 Å². The van der Waals surface area contributed by atoms with Gasteiger partial charge in [0, 0.05) is 23.5 Å². The zero-order valence-corrected chi connectivity index (χ0v) is 11.7. The summed E-state index contributed by atoms with van der Waals surface area (Å²) in [6.07, 6.45) is 3.63. The van der Waals surface area contributed by atoms with Crippen LogP contribution in [0.15, 0.2) is 6.07 Å². The summed E-state index contributed by atoms with van der Waals surface area (Å²) in [6, 6.07) is 2.30. The van der Waals surface area contributed by atoms with Gasteiger partial charge in [-0.3, -0.25) is 0 Å². The molecule has 0 amide bonds. The van der Waals surface area contributed by atoms with Crippen LogP contribution in [0.2, 0.25) is 0 Å². The van der Waals surface area contributed by atoms with Crippen molar-refractivity contribution < 1.29 is 9.84 Å². The number of hydrogen-bond acceptors (Lipinski definition) is 3. The van der Waals surface area contributed by atoms with Gasteiger partial charge in [0.05, 0.1) is 6.10 Å². The molecule has 1 aromatic heterocycles. The first kappa shape index (κ1) is 13.1. The molecule has 0 aliphatic heterocycles. The normalized spacial score (nSPS) is 25.6. The molecule has 1 N–H and O–H groups in total. The zero-order chi connectivity index (χ0) is 12.4. The second kappa shape index (κ2) is 5.51. The lowest BCUT2D eigenvalue weighted by Crippen LogP contribution is -2.11. The molecule has 0 fully saturated rings. The maximum absolute atomic E-state index is 9.13. The second-order valence-electron chi connectivity index (χ2n) is 5.23. The fourth-order valence-corrected chi connectivity index (χ4v) is 4.02. The summed E-state index contributed by atoms with van der Waals surface area (Å²) in [5.41, 5.74) is 1.40. The van der Waals surface area contributed by atoms with Gasteiger partial charge in [0.1, 0.15) is 0 Å². The van der Waals surface area contributed by atoms with Crippen LogP contribution in [0, 0.1) is 5.92 Å². The summed E-state index contributed by atoms with van der Waals surface area (Å²) in [4.78, 5) is 2.90. The summed E-state index contributed by atoms with van der Waals surface area (Å²) in [7, 11) is 1.80. The maximum atomic E-state index is 9.13. The highest BCUT2D eigenvalue weighted by Gasteiger charge is 2.27. The van der Waals surface area contributed by atoms with Gasteiger partial charge in [-0.15, -0.1) is 11.3 Å². The average Bonchev–Trinajstić information content (AvgIpc) is 2.74. The van der Waals surface area contributed by atoms with E-state index in [0.29, 0.717) is 11.8 Å². The number of fused-ring (bicyclic) bond motifs is 1. The molecule has 0 bridgehead atoms. The molecule has 0 radical (unpaired) electrons. The van der Waals surface area contributed by atoms with Gasteiger partial charge in [-0.05, 0) is 42.7 Å². The van der Waals surface area contributed by atoms with Gasteiger partial charge in [-0.2, -0.15) is 0 Å². The maximum Gasteiger partial charge on any atom is 0.0832 e.